The minimum atomic E-state index is -0.662. The summed E-state index contributed by atoms with van der Waals surface area (Å²) in [4.78, 5) is 37.2. The molecule has 0 saturated carbocycles. The summed E-state index contributed by atoms with van der Waals surface area (Å²) in [5.41, 5.74) is 6.74. The van der Waals surface area contributed by atoms with Crippen molar-refractivity contribution in [3.05, 3.63) is 89.0 Å². The highest BCUT2D eigenvalue weighted by Gasteiger charge is 2.19. The summed E-state index contributed by atoms with van der Waals surface area (Å²) in [6.07, 6.45) is 2.67. The van der Waals surface area contributed by atoms with Gasteiger partial charge in [0.05, 0.1) is 26.9 Å². The van der Waals surface area contributed by atoms with Gasteiger partial charge in [-0.15, -0.1) is 0 Å². The maximum atomic E-state index is 12.8. The smallest absolute Gasteiger partial charge is 0.343 e. The topological polar surface area (TPSA) is 112 Å². The molecule has 0 unspecified atom stereocenters. The summed E-state index contributed by atoms with van der Waals surface area (Å²) in [6.45, 7) is 1.91. The van der Waals surface area contributed by atoms with Crippen molar-refractivity contribution in [3.8, 4) is 23.0 Å². The van der Waals surface area contributed by atoms with Crippen molar-refractivity contribution < 1.29 is 33.3 Å². The third-order valence-electron chi connectivity index (χ3n) is 5.05. The van der Waals surface area contributed by atoms with Crippen LogP contribution in [-0.2, 0) is 4.79 Å². The molecule has 2 amide bonds. The number of carbonyl (C=O) groups excluding carboxylic acids is 3. The van der Waals surface area contributed by atoms with Gasteiger partial charge in [0, 0.05) is 17.2 Å². The molecule has 0 aliphatic rings. The van der Waals surface area contributed by atoms with E-state index in [0.29, 0.717) is 28.4 Å². The number of hydrazine groups is 1. The fraction of sp³-hybridized carbons (Fsp3) is 0.148. The Hall–Kier alpha value is -4.79. The number of methoxy groups -OCH3 is 3. The van der Waals surface area contributed by atoms with Crippen molar-refractivity contribution in [1.82, 2.24) is 10.9 Å². The number of hydrogen-bond acceptors (Lipinski definition) is 7. The maximum absolute atomic E-state index is 12.8. The van der Waals surface area contributed by atoms with Crippen LogP contribution in [0.15, 0.2) is 66.7 Å². The number of carbonyl (C=O) groups is 3. The lowest BCUT2D eigenvalue weighted by Gasteiger charge is -2.14. The molecule has 0 radical (unpaired) electrons. The van der Waals surface area contributed by atoms with Crippen LogP contribution in [-0.4, -0.2) is 39.1 Å². The van der Waals surface area contributed by atoms with Gasteiger partial charge in [0.2, 0.25) is 5.75 Å². The summed E-state index contributed by atoms with van der Waals surface area (Å²) >= 11 is 0. The molecule has 36 heavy (non-hydrogen) atoms. The van der Waals surface area contributed by atoms with Gasteiger partial charge in [-0.2, -0.15) is 0 Å². The van der Waals surface area contributed by atoms with Gasteiger partial charge in [0.25, 0.3) is 11.8 Å². The predicted molar refractivity (Wildman–Crippen MR) is 133 cm³/mol. The van der Waals surface area contributed by atoms with Crippen LogP contribution in [0, 0.1) is 6.92 Å². The summed E-state index contributed by atoms with van der Waals surface area (Å²) in [5, 5.41) is 0. The average Bonchev–Trinajstić information content (AvgIpc) is 2.90. The number of nitrogens with one attached hydrogen (secondary N) is 2. The molecule has 3 rings (SSSR count). The molecule has 0 fully saturated rings. The third-order valence-corrected chi connectivity index (χ3v) is 5.05. The number of ether oxygens (including phenoxy) is 4. The Morgan fingerprint density at radius 3 is 2.00 bits per heavy atom. The van der Waals surface area contributed by atoms with Gasteiger partial charge in [-0.1, -0.05) is 35.9 Å². The van der Waals surface area contributed by atoms with E-state index in [1.165, 1.54) is 45.6 Å². The quantitative estimate of drug-likeness (QED) is 0.214. The van der Waals surface area contributed by atoms with Gasteiger partial charge < -0.3 is 18.9 Å². The lowest BCUT2D eigenvalue weighted by atomic mass is 10.1. The zero-order valence-electron chi connectivity index (χ0n) is 20.3. The van der Waals surface area contributed by atoms with E-state index in [-0.39, 0.29) is 11.3 Å². The van der Waals surface area contributed by atoms with Gasteiger partial charge in [-0.25, -0.2) is 4.79 Å². The van der Waals surface area contributed by atoms with Crippen molar-refractivity contribution in [2.24, 2.45) is 0 Å². The summed E-state index contributed by atoms with van der Waals surface area (Å²) in [7, 11) is 4.35. The Labute approximate surface area is 208 Å². The first-order valence-corrected chi connectivity index (χ1v) is 10.8. The number of para-hydroxylation sites is 1. The molecule has 0 saturated heterocycles. The normalized spacial score (nSPS) is 10.4. The fourth-order valence-corrected chi connectivity index (χ4v) is 3.17. The van der Waals surface area contributed by atoms with Crippen LogP contribution in [0.2, 0.25) is 0 Å². The Balaban J connectivity index is 1.69. The molecular formula is C27H26N2O7. The van der Waals surface area contributed by atoms with E-state index in [2.05, 4.69) is 10.9 Å². The molecule has 186 valence electrons. The summed E-state index contributed by atoms with van der Waals surface area (Å²) < 4.78 is 21.4. The number of hydrogen-bond donors (Lipinski definition) is 2. The number of amides is 2. The van der Waals surface area contributed by atoms with Crippen LogP contribution >= 0.6 is 0 Å². The minimum Gasteiger partial charge on any atom is -0.493 e. The zero-order chi connectivity index (χ0) is 26.1. The van der Waals surface area contributed by atoms with E-state index in [0.717, 1.165) is 5.56 Å². The molecule has 3 aromatic carbocycles. The molecule has 9 nitrogen and oxygen atoms in total. The molecule has 0 aliphatic heterocycles. The Kier molecular flexibility index (Phi) is 8.66. The Bertz CT molecular complexity index is 1260. The number of esters is 1. The maximum Gasteiger partial charge on any atom is 0.343 e. The van der Waals surface area contributed by atoms with Crippen LogP contribution < -0.4 is 29.8 Å². The lowest BCUT2D eigenvalue weighted by molar-refractivity contribution is -0.117. The largest absolute Gasteiger partial charge is 0.493 e. The van der Waals surface area contributed by atoms with Gasteiger partial charge in [0.1, 0.15) is 5.75 Å². The van der Waals surface area contributed by atoms with Crippen molar-refractivity contribution in [2.45, 2.75) is 6.92 Å². The first-order chi connectivity index (χ1) is 17.4. The third kappa shape index (κ3) is 6.41. The van der Waals surface area contributed by atoms with Gasteiger partial charge in [-0.05, 0) is 43.3 Å². The zero-order valence-corrected chi connectivity index (χ0v) is 20.3. The SMILES string of the molecule is COc1cc(C(=O)Oc2ccccc2/C=C/C(=O)NNC(=O)c2ccc(C)cc2)cc(OC)c1OC. The first-order valence-electron chi connectivity index (χ1n) is 10.8. The summed E-state index contributed by atoms with van der Waals surface area (Å²) in [6, 6.07) is 16.6. The van der Waals surface area contributed by atoms with Crippen LogP contribution in [0.1, 0.15) is 31.8 Å². The Morgan fingerprint density at radius 1 is 0.750 bits per heavy atom. The van der Waals surface area contributed by atoms with E-state index >= 15 is 0 Å². The highest BCUT2D eigenvalue weighted by atomic mass is 16.5. The van der Waals surface area contributed by atoms with Gasteiger partial charge in [-0.3, -0.25) is 20.4 Å². The van der Waals surface area contributed by atoms with E-state index in [9.17, 15) is 14.4 Å². The molecular weight excluding hydrogens is 464 g/mol. The minimum absolute atomic E-state index is 0.180. The van der Waals surface area contributed by atoms with Crippen LogP contribution in [0.3, 0.4) is 0 Å². The number of rotatable bonds is 8. The molecule has 0 aromatic heterocycles. The van der Waals surface area contributed by atoms with Gasteiger partial charge >= 0.3 is 5.97 Å². The number of benzene rings is 3. The van der Waals surface area contributed by atoms with Crippen molar-refractivity contribution in [1.29, 1.82) is 0 Å². The van der Waals surface area contributed by atoms with Crippen molar-refractivity contribution in [2.75, 3.05) is 21.3 Å². The highest BCUT2D eigenvalue weighted by Crippen LogP contribution is 2.38. The van der Waals surface area contributed by atoms with Crippen molar-refractivity contribution >= 4 is 23.9 Å². The predicted octanol–water partition coefficient (Wildman–Crippen LogP) is 3.71. The van der Waals surface area contributed by atoms with E-state index in [1.54, 1.807) is 48.5 Å². The fourth-order valence-electron chi connectivity index (χ4n) is 3.17. The van der Waals surface area contributed by atoms with E-state index < -0.39 is 17.8 Å². The molecule has 0 aliphatic carbocycles. The standard InChI is InChI=1S/C27H26N2O7/c1-17-9-11-19(12-10-17)26(31)29-28-24(30)14-13-18-7-5-6-8-21(18)36-27(32)20-15-22(33-2)25(35-4)23(16-20)34-3/h5-16H,1-4H3,(H,28,30)(H,29,31)/b14-13+. The molecule has 0 atom stereocenters. The second-order valence-corrected chi connectivity index (χ2v) is 7.48. The monoisotopic (exact) mass is 490 g/mol. The van der Waals surface area contributed by atoms with Crippen LogP contribution in [0.4, 0.5) is 0 Å². The first kappa shape index (κ1) is 25.8. The molecule has 9 heteroatoms. The van der Waals surface area contributed by atoms with Crippen molar-refractivity contribution in [3.63, 3.8) is 0 Å². The Morgan fingerprint density at radius 2 is 1.39 bits per heavy atom. The van der Waals surface area contributed by atoms with E-state index in [1.807, 2.05) is 6.92 Å². The summed E-state index contributed by atoms with van der Waals surface area (Å²) in [5.74, 6) is -0.491. The van der Waals surface area contributed by atoms with Crippen LogP contribution in [0.25, 0.3) is 6.08 Å². The second kappa shape index (κ2) is 12.1. The molecule has 3 aromatic rings. The molecule has 2 N–H and O–H groups in total. The molecule has 0 spiro atoms. The average molecular weight is 491 g/mol. The lowest BCUT2D eigenvalue weighted by Crippen LogP contribution is -2.40. The molecule has 0 heterocycles. The number of aryl methyl sites for hydroxylation is 1. The molecule has 0 bridgehead atoms. The highest BCUT2D eigenvalue weighted by molar-refractivity contribution is 5.98. The van der Waals surface area contributed by atoms with E-state index in [4.69, 9.17) is 18.9 Å². The van der Waals surface area contributed by atoms with Crippen LogP contribution in [0.5, 0.6) is 23.0 Å². The second-order valence-electron chi connectivity index (χ2n) is 7.48. The van der Waals surface area contributed by atoms with Gasteiger partial charge in [0.15, 0.2) is 11.5 Å².